The Morgan fingerprint density at radius 1 is 1.31 bits per heavy atom. The summed E-state index contributed by atoms with van der Waals surface area (Å²) in [7, 11) is 0. The van der Waals surface area contributed by atoms with Gasteiger partial charge in [-0.15, -0.1) is 0 Å². The van der Waals surface area contributed by atoms with Crippen molar-refractivity contribution >= 4 is 12.6 Å². The first-order valence-corrected chi connectivity index (χ1v) is 4.99. The Labute approximate surface area is 95.4 Å². The van der Waals surface area contributed by atoms with Crippen LogP contribution in [0, 0.1) is 0 Å². The zero-order chi connectivity index (χ0) is 12.3. The Bertz CT molecular complexity index is 342. The van der Waals surface area contributed by atoms with Crippen LogP contribution in [0.25, 0.3) is 0 Å². The zero-order valence-corrected chi connectivity index (χ0v) is 8.91. The normalized spacial score (nSPS) is 15.9. The van der Waals surface area contributed by atoms with Gasteiger partial charge in [0.15, 0.2) is 0 Å². The summed E-state index contributed by atoms with van der Waals surface area (Å²) in [6.07, 6.45) is -6.34. The van der Waals surface area contributed by atoms with Crippen LogP contribution in [0.4, 0.5) is 13.2 Å². The van der Waals surface area contributed by atoms with Crippen molar-refractivity contribution in [3.63, 3.8) is 0 Å². The molecule has 0 aliphatic heterocycles. The molecule has 2 N–H and O–H groups in total. The monoisotopic (exact) mass is 253 g/mol. The Morgan fingerprint density at radius 2 is 1.94 bits per heavy atom. The molecular weight excluding hydrogens is 243 g/mol. The predicted molar refractivity (Wildman–Crippen MR) is 54.1 cm³/mol. The van der Waals surface area contributed by atoms with E-state index in [9.17, 15) is 23.4 Å². The number of aliphatic hydroxyl groups excluding tert-OH is 2. The maximum absolute atomic E-state index is 12.2. The van der Waals surface area contributed by atoms with Crippen molar-refractivity contribution in [2.24, 2.45) is 0 Å². The van der Waals surface area contributed by atoms with Gasteiger partial charge >= 0.3 is 6.18 Å². The lowest BCUT2D eigenvalue weighted by atomic mass is 10.1. The fourth-order valence-electron chi connectivity index (χ4n) is 1.04. The number of nitrogens with zero attached hydrogens (tertiary/aromatic N) is 1. The Hall–Kier alpha value is -0.790. The molecule has 0 aromatic carbocycles. The van der Waals surface area contributed by atoms with Gasteiger partial charge in [-0.25, -0.2) is 0 Å². The van der Waals surface area contributed by atoms with Crippen LogP contribution in [0.5, 0.6) is 0 Å². The van der Waals surface area contributed by atoms with Crippen molar-refractivity contribution in [2.75, 3.05) is 5.75 Å². The van der Waals surface area contributed by atoms with Gasteiger partial charge in [0.05, 0.1) is 17.4 Å². The number of rotatable bonds is 3. The molecule has 0 aliphatic carbocycles. The van der Waals surface area contributed by atoms with Gasteiger partial charge in [0.2, 0.25) is 0 Å². The smallest absolute Gasteiger partial charge is 0.389 e. The van der Waals surface area contributed by atoms with Crippen molar-refractivity contribution in [3.05, 3.63) is 29.6 Å². The van der Waals surface area contributed by atoms with E-state index in [2.05, 4.69) is 17.6 Å². The number of aliphatic hydroxyl groups is 2. The maximum Gasteiger partial charge on any atom is 0.417 e. The highest BCUT2D eigenvalue weighted by Gasteiger charge is 2.31. The molecule has 0 radical (unpaired) electrons. The molecule has 0 aliphatic rings. The summed E-state index contributed by atoms with van der Waals surface area (Å²) in [5, 5.41) is 18.7. The van der Waals surface area contributed by atoms with Crippen LogP contribution in [-0.4, -0.2) is 27.1 Å². The third kappa shape index (κ3) is 3.10. The van der Waals surface area contributed by atoms with Crippen molar-refractivity contribution in [2.45, 2.75) is 18.4 Å². The van der Waals surface area contributed by atoms with Crippen LogP contribution in [0.2, 0.25) is 0 Å². The average molecular weight is 253 g/mol. The van der Waals surface area contributed by atoms with E-state index in [-0.39, 0.29) is 11.4 Å². The van der Waals surface area contributed by atoms with Gasteiger partial charge in [0, 0.05) is 11.9 Å². The molecule has 0 fully saturated rings. The molecular formula is C9H10F3NO2S. The maximum atomic E-state index is 12.2. The predicted octanol–water partition coefficient (Wildman–Crippen LogP) is 1.42. The third-order valence-electron chi connectivity index (χ3n) is 1.97. The Kier molecular flexibility index (Phi) is 4.17. The number of aromatic nitrogens is 1. The molecule has 3 nitrogen and oxygen atoms in total. The van der Waals surface area contributed by atoms with Gasteiger partial charge in [-0.05, 0) is 12.1 Å². The number of hydrogen-bond acceptors (Lipinski definition) is 4. The van der Waals surface area contributed by atoms with E-state index in [1.165, 1.54) is 0 Å². The number of thiol groups is 1. The summed E-state index contributed by atoms with van der Waals surface area (Å²) in [4.78, 5) is 3.45. The molecule has 0 saturated heterocycles. The van der Waals surface area contributed by atoms with E-state index in [1.807, 2.05) is 0 Å². The van der Waals surface area contributed by atoms with Gasteiger partial charge in [-0.1, -0.05) is 0 Å². The molecule has 1 heterocycles. The molecule has 7 heteroatoms. The molecule has 0 amide bonds. The number of alkyl halides is 3. The first kappa shape index (κ1) is 13.3. The van der Waals surface area contributed by atoms with Crippen LogP contribution in [0.1, 0.15) is 17.4 Å². The zero-order valence-electron chi connectivity index (χ0n) is 8.02. The fourth-order valence-corrected chi connectivity index (χ4v) is 1.24. The highest BCUT2D eigenvalue weighted by Crippen LogP contribution is 2.29. The quantitative estimate of drug-likeness (QED) is 0.714. The molecule has 0 saturated carbocycles. The highest BCUT2D eigenvalue weighted by atomic mass is 32.1. The van der Waals surface area contributed by atoms with Gasteiger partial charge in [0.25, 0.3) is 0 Å². The molecule has 16 heavy (non-hydrogen) atoms. The molecule has 0 bridgehead atoms. The Balaban J connectivity index is 2.87. The highest BCUT2D eigenvalue weighted by molar-refractivity contribution is 7.80. The SMILES string of the molecule is OC(CS)C(O)c1ccc(C(F)(F)F)cn1. The lowest BCUT2D eigenvalue weighted by molar-refractivity contribution is -0.137. The minimum atomic E-state index is -4.46. The Morgan fingerprint density at radius 3 is 2.31 bits per heavy atom. The van der Waals surface area contributed by atoms with Crippen LogP contribution < -0.4 is 0 Å². The van der Waals surface area contributed by atoms with Crippen LogP contribution >= 0.6 is 12.6 Å². The topological polar surface area (TPSA) is 53.4 Å². The average Bonchev–Trinajstić information content (AvgIpc) is 2.26. The molecule has 1 aromatic heterocycles. The van der Waals surface area contributed by atoms with E-state index >= 15 is 0 Å². The summed E-state index contributed by atoms with van der Waals surface area (Å²) in [6.45, 7) is 0. The molecule has 1 aromatic rings. The van der Waals surface area contributed by atoms with Crippen LogP contribution in [0.15, 0.2) is 18.3 Å². The van der Waals surface area contributed by atoms with Gasteiger partial charge in [0.1, 0.15) is 6.10 Å². The van der Waals surface area contributed by atoms with Crippen LogP contribution in [0.3, 0.4) is 0 Å². The lowest BCUT2D eigenvalue weighted by Crippen LogP contribution is -2.21. The molecule has 1 rings (SSSR count). The van der Waals surface area contributed by atoms with Crippen molar-refractivity contribution in [3.8, 4) is 0 Å². The van der Waals surface area contributed by atoms with E-state index in [1.54, 1.807) is 0 Å². The summed E-state index contributed by atoms with van der Waals surface area (Å²) in [5.74, 6) is -0.0101. The first-order valence-electron chi connectivity index (χ1n) is 4.36. The number of halogens is 3. The summed E-state index contributed by atoms with van der Waals surface area (Å²) in [5.41, 5.74) is -0.918. The molecule has 90 valence electrons. The third-order valence-corrected chi connectivity index (χ3v) is 2.34. The van der Waals surface area contributed by atoms with E-state index in [0.717, 1.165) is 12.1 Å². The first-order chi connectivity index (χ1) is 7.36. The van der Waals surface area contributed by atoms with Crippen molar-refractivity contribution < 1.29 is 23.4 Å². The van der Waals surface area contributed by atoms with Crippen molar-refractivity contribution in [1.29, 1.82) is 0 Å². The largest absolute Gasteiger partial charge is 0.417 e. The molecule has 2 unspecified atom stereocenters. The van der Waals surface area contributed by atoms with Gasteiger partial charge < -0.3 is 10.2 Å². The second-order valence-electron chi connectivity index (χ2n) is 3.16. The van der Waals surface area contributed by atoms with E-state index in [0.29, 0.717) is 6.20 Å². The van der Waals surface area contributed by atoms with Crippen LogP contribution in [-0.2, 0) is 6.18 Å². The summed E-state index contributed by atoms with van der Waals surface area (Å²) < 4.78 is 36.5. The second kappa shape index (κ2) is 5.03. The number of hydrogen-bond donors (Lipinski definition) is 3. The van der Waals surface area contributed by atoms with Gasteiger partial charge in [-0.2, -0.15) is 25.8 Å². The second-order valence-corrected chi connectivity index (χ2v) is 3.53. The van der Waals surface area contributed by atoms with E-state index < -0.39 is 23.9 Å². The number of pyridine rings is 1. The molecule has 2 atom stereocenters. The van der Waals surface area contributed by atoms with E-state index in [4.69, 9.17) is 0 Å². The summed E-state index contributed by atoms with van der Waals surface area (Å²) >= 11 is 3.75. The fraction of sp³-hybridized carbons (Fsp3) is 0.444. The lowest BCUT2D eigenvalue weighted by Gasteiger charge is -2.15. The minimum Gasteiger partial charge on any atom is -0.389 e. The van der Waals surface area contributed by atoms with Gasteiger partial charge in [-0.3, -0.25) is 4.98 Å². The molecule has 0 spiro atoms. The minimum absolute atomic E-state index is 0.0101. The summed E-state index contributed by atoms with van der Waals surface area (Å²) in [6, 6.07) is 1.83. The van der Waals surface area contributed by atoms with Crippen molar-refractivity contribution in [1.82, 2.24) is 4.98 Å². The standard InChI is InChI=1S/C9H10F3NO2S/c10-9(11,12)5-1-2-6(13-3-5)8(15)7(14)4-16/h1-3,7-8,14-16H,4H2.